The van der Waals surface area contributed by atoms with Crippen molar-refractivity contribution in [1.29, 1.82) is 5.41 Å². The molecule has 17 atom stereocenters. The fourth-order valence-electron chi connectivity index (χ4n) is 12.9. The van der Waals surface area contributed by atoms with Crippen molar-refractivity contribution in [3.8, 4) is 0 Å². The number of nitrogens with two attached hydrogens (primary N) is 8. The normalized spacial score (nSPS) is 14.6. The van der Waals surface area contributed by atoms with Gasteiger partial charge < -0.3 is 167 Å². The molecule has 0 aromatic heterocycles. The number of aliphatic hydroxyl groups excluding tert-OH is 1. The molecule has 0 rings (SSSR count). The van der Waals surface area contributed by atoms with Crippen LogP contribution < -0.4 is 136 Å². The van der Waals surface area contributed by atoms with Gasteiger partial charge in [0.25, 0.3) is 0 Å². The van der Waals surface area contributed by atoms with Crippen LogP contribution in [0.5, 0.6) is 0 Å². The number of unbranched alkanes of at least 4 members (excludes halogenated alkanes) is 1. The zero-order valence-electron chi connectivity index (χ0n) is 78.2. The van der Waals surface area contributed by atoms with Crippen molar-refractivity contribution < 1.29 is 155 Å². The van der Waals surface area contributed by atoms with Gasteiger partial charge in [-0.3, -0.25) is 111 Å². The summed E-state index contributed by atoms with van der Waals surface area (Å²) < 4.78 is 0. The van der Waals surface area contributed by atoms with Crippen molar-refractivity contribution in [2.45, 2.75) is 299 Å². The number of guanidine groups is 1. The number of hydrogen-bond acceptors (Lipinski definition) is 30. The third kappa shape index (κ3) is 52.3. The van der Waals surface area contributed by atoms with Gasteiger partial charge in [-0.2, -0.15) is 0 Å². The van der Waals surface area contributed by atoms with E-state index < -0.39 is 390 Å². The van der Waals surface area contributed by atoms with Gasteiger partial charge in [-0.1, -0.05) is 48.0 Å². The van der Waals surface area contributed by atoms with Gasteiger partial charge in [0, 0.05) is 51.5 Å². The van der Waals surface area contributed by atoms with Gasteiger partial charge in [-0.25, -0.2) is 19.2 Å². The number of nitrogens with one attached hydrogen (secondary N) is 18. The lowest BCUT2D eigenvalue weighted by atomic mass is 9.96. The largest absolute Gasteiger partial charge is 0.481 e. The predicted molar refractivity (Wildman–Crippen MR) is 481 cm³/mol. The van der Waals surface area contributed by atoms with Gasteiger partial charge in [-0.05, 0) is 121 Å². The number of hydrogen-bond donors (Lipinski definition) is 32. The lowest BCUT2D eigenvalue weighted by Gasteiger charge is -2.29. The predicted octanol–water partition coefficient (Wildman–Crippen LogP) is -12.7. The third-order valence-electron chi connectivity index (χ3n) is 20.6. The van der Waals surface area contributed by atoms with Crippen molar-refractivity contribution >= 4 is 160 Å². The van der Waals surface area contributed by atoms with Crippen LogP contribution in [0.2, 0.25) is 0 Å². The lowest BCUT2D eigenvalue weighted by molar-refractivity contribution is -0.144. The Labute approximate surface area is 797 Å². The van der Waals surface area contributed by atoms with E-state index in [1.54, 1.807) is 34.6 Å². The molecule has 0 fully saturated rings. The highest BCUT2D eigenvalue weighted by Crippen LogP contribution is 2.17. The minimum atomic E-state index is -2.05. The van der Waals surface area contributed by atoms with Crippen molar-refractivity contribution in [3.63, 3.8) is 0 Å². The molecule has 0 unspecified atom stereocenters. The van der Waals surface area contributed by atoms with Crippen molar-refractivity contribution in [2.75, 3.05) is 26.2 Å². The van der Waals surface area contributed by atoms with Crippen LogP contribution in [0.15, 0.2) is 0 Å². The first-order valence-electron chi connectivity index (χ1n) is 44.4. The molecule has 782 valence electrons. The second-order valence-electron chi connectivity index (χ2n) is 33.4. The number of carbonyl (C=O) groups excluding carboxylic acids is 21. The van der Waals surface area contributed by atoms with E-state index in [4.69, 9.17) is 56.4 Å². The molecule has 0 aliphatic carbocycles. The van der Waals surface area contributed by atoms with Crippen LogP contribution in [0.4, 0.5) is 0 Å². The Bertz CT molecular complexity index is 4330. The summed E-state index contributed by atoms with van der Waals surface area (Å²) in [5.74, 6) is -33.7. The first-order valence-corrected chi connectivity index (χ1v) is 44.4. The fraction of sp³-hybridized carbons (Fsp3) is 0.667. The van der Waals surface area contributed by atoms with Crippen LogP contribution in [0.1, 0.15) is 203 Å². The second kappa shape index (κ2) is 65.2. The summed E-state index contributed by atoms with van der Waals surface area (Å²) in [6, 6.07) is -27.7. The Morgan fingerprint density at radius 2 is 0.590 bits per heavy atom. The molecule has 58 nitrogen and oxygen atoms in total. The number of aliphatic carboxylic acids is 5. The highest BCUT2D eigenvalue weighted by molar-refractivity contribution is 6.01. The summed E-state index contributed by atoms with van der Waals surface area (Å²) in [6.07, 6.45) is -11.5. The van der Waals surface area contributed by atoms with Crippen LogP contribution in [0, 0.1) is 23.2 Å². The number of aliphatic hydroxyl groups is 1. The molecule has 0 spiro atoms. The van der Waals surface area contributed by atoms with Crippen molar-refractivity contribution in [3.05, 3.63) is 0 Å². The molecule has 0 aliphatic rings. The smallest absolute Gasteiger partial charge is 0.326 e. The molecule has 0 bridgehead atoms. The van der Waals surface area contributed by atoms with Crippen molar-refractivity contribution in [2.24, 2.45) is 63.6 Å². The Hall–Kier alpha value is -14.6. The summed E-state index contributed by atoms with van der Waals surface area (Å²) in [7, 11) is 0. The Kier molecular flexibility index (Phi) is 58.3. The van der Waals surface area contributed by atoms with E-state index in [1.807, 2.05) is 0 Å². The Morgan fingerprint density at radius 3 is 0.971 bits per heavy atom. The zero-order valence-corrected chi connectivity index (χ0v) is 78.2. The number of primary amides is 5. The molecule has 0 aromatic carbocycles. The van der Waals surface area contributed by atoms with Gasteiger partial charge in [0.1, 0.15) is 96.7 Å². The van der Waals surface area contributed by atoms with Crippen LogP contribution in [0.3, 0.4) is 0 Å². The van der Waals surface area contributed by atoms with Gasteiger partial charge >= 0.3 is 29.8 Å². The summed E-state index contributed by atoms with van der Waals surface area (Å²) in [5, 5.41) is 106. The third-order valence-corrected chi connectivity index (χ3v) is 20.6. The second-order valence-corrected chi connectivity index (χ2v) is 33.4. The molecule has 0 aromatic rings. The number of carboxylic acid groups (broad SMARTS) is 5. The molecular weight excluding hydrogens is 1850 g/mol. The zero-order chi connectivity index (χ0) is 106. The molecule has 0 radical (unpaired) electrons. The lowest BCUT2D eigenvalue weighted by Crippen LogP contribution is -2.60. The van der Waals surface area contributed by atoms with E-state index in [0.717, 1.165) is 6.92 Å². The number of carbonyl (C=O) groups is 26. The molecule has 58 heteroatoms. The molecule has 0 aliphatic heterocycles. The summed E-state index contributed by atoms with van der Waals surface area (Å²) in [6.45, 7) is 9.14. The topological polar surface area (TPSA) is 1000 Å². The Morgan fingerprint density at radius 1 is 0.295 bits per heavy atom. The average Bonchev–Trinajstić information content (AvgIpc) is 0.838. The molecule has 0 heterocycles. The first kappa shape index (κ1) is 124. The van der Waals surface area contributed by atoms with Gasteiger partial charge in [0.2, 0.25) is 124 Å². The molecular formula is C81H136N26O32. The van der Waals surface area contributed by atoms with E-state index in [9.17, 15) is 150 Å². The highest BCUT2D eigenvalue weighted by Gasteiger charge is 2.40. The SMILES string of the molecule is CC[C@H](C)[C@H](NC(=O)[C@H](CC(C)C)NC(=O)[C@H](C)NC(=O)[C@H](CCC(N)=O)NC(=O)[C@H](CC(N)=O)NC(=O)CC[C@H](NC(=O)[C@H](CCC(N)=O)NC(=O)[C@H](CC(C)C)NC(=O)CC[C@H](NC(=O)CC[C@H](NC(=O)[C@H](CCC(=O)O)NC(=O)CN)C(=O)O)C(=O)O)C(=O)O)C(=O)N[C@@H](CCCNC(=N)N)C(=O)N[C@@H](CCC(=O)N[C@@H](CCCCN)C(=O)N[C@@H](CO)C(=O)N[C@@H](CC(N)=O)C(N)=O)C(=O)O. The van der Waals surface area contributed by atoms with Crippen molar-refractivity contribution in [1.82, 2.24) is 90.4 Å². The minimum Gasteiger partial charge on any atom is -0.481 e. The van der Waals surface area contributed by atoms with Crippen LogP contribution in [-0.2, 0) is 125 Å². The molecule has 0 saturated carbocycles. The minimum absolute atomic E-state index is 0.0330. The standard InChI is InChI=1S/C81H136N26O32/c1-8-38(6)64(76(131)100-41(13-11-29-91-81(89)90)69(124)101-46(78(134)135)17-24-58(113)93-40(12-9-10-28-82)68(123)106-53(35-108)75(130)104-49(65(88)120)32-56(86)111)107-74(129)51(31-37(4)5)105-66(121)39(7)92-67(122)43(14-21-54(84)109)98-73(128)52(33-57(87)112)97-61(116)26-19-48(80(138)139)103-71(126)44(15-22-55(85)110)99-72(127)50(30-36(2)3)96-60(115)23-16-45(77(132)133)95-59(114)25-18-47(79(136)137)102-70(125)42(20-27-63(118)119)94-62(117)34-83/h36-53,64,108H,8-35,82-83H2,1-7H3,(H2,84,109)(H2,85,110)(H2,86,111)(H2,87,112)(H2,88,120)(H,92,122)(H,93,113)(H,94,117)(H,95,114)(H,96,115)(H,97,116)(H,98,128)(H,99,127)(H,100,131)(H,101,124)(H,102,125)(H,103,126)(H,104,130)(H,105,121)(H,106,123)(H,107,129)(H,118,119)(H,132,133)(H,134,135)(H,136,137)(H,138,139)(H4,89,90,91)/t38-,39-,40-,41-,42-,43-,44-,45-,46-,47-,48-,49-,50-,51-,52-,53-,64-/m0/s1. The van der Waals surface area contributed by atoms with E-state index in [-0.39, 0.29) is 58.0 Å². The maximum absolute atomic E-state index is 14.5. The van der Waals surface area contributed by atoms with E-state index >= 15 is 0 Å². The monoisotopic (exact) mass is 1980 g/mol. The summed E-state index contributed by atoms with van der Waals surface area (Å²) in [5.41, 5.74) is 42.9. The van der Waals surface area contributed by atoms with Gasteiger partial charge in [0.05, 0.1) is 26.0 Å². The summed E-state index contributed by atoms with van der Waals surface area (Å²) >= 11 is 0. The molecule has 139 heavy (non-hydrogen) atoms. The number of carboxylic acids is 5. The van der Waals surface area contributed by atoms with E-state index in [1.165, 1.54) is 6.92 Å². The van der Waals surface area contributed by atoms with Crippen LogP contribution >= 0.6 is 0 Å². The van der Waals surface area contributed by atoms with Crippen LogP contribution in [-0.4, -0.2) is 313 Å². The van der Waals surface area contributed by atoms with E-state index in [0.29, 0.717) is 6.42 Å². The van der Waals surface area contributed by atoms with Gasteiger partial charge in [0.15, 0.2) is 5.96 Å². The summed E-state index contributed by atoms with van der Waals surface area (Å²) in [4.78, 5) is 339. The maximum atomic E-state index is 14.5. The Balaban J connectivity index is 6.74. The van der Waals surface area contributed by atoms with Crippen LogP contribution in [0.25, 0.3) is 0 Å². The fourth-order valence-corrected chi connectivity index (χ4v) is 12.9. The molecule has 21 amide bonds. The number of rotatable bonds is 73. The number of amides is 21. The quantitative estimate of drug-likeness (QED) is 0.0153. The molecule has 40 N–H and O–H groups in total. The van der Waals surface area contributed by atoms with Gasteiger partial charge in [-0.15, -0.1) is 0 Å². The van der Waals surface area contributed by atoms with E-state index in [2.05, 4.69) is 90.4 Å². The highest BCUT2D eigenvalue weighted by atomic mass is 16.4. The maximum Gasteiger partial charge on any atom is 0.326 e. The molecule has 0 saturated heterocycles. The first-order chi connectivity index (χ1) is 64.9. The average molecular weight is 1990 g/mol.